The Balaban J connectivity index is 1.69. The first kappa shape index (κ1) is 19.2. The second kappa shape index (κ2) is 7.56. The van der Waals surface area contributed by atoms with Crippen molar-refractivity contribution in [3.05, 3.63) is 53.8 Å². The zero-order valence-corrected chi connectivity index (χ0v) is 15.1. The Hall–Kier alpha value is -3.60. The minimum atomic E-state index is -0.978. The van der Waals surface area contributed by atoms with Crippen LogP contribution in [-0.4, -0.2) is 35.1 Å². The van der Waals surface area contributed by atoms with Gasteiger partial charge in [-0.15, -0.1) is 0 Å². The van der Waals surface area contributed by atoms with Gasteiger partial charge in [0.05, 0.1) is 11.0 Å². The van der Waals surface area contributed by atoms with E-state index < -0.39 is 23.2 Å². The second-order valence-electron chi connectivity index (χ2n) is 6.82. The fourth-order valence-corrected chi connectivity index (χ4v) is 2.94. The Labute approximate surface area is 161 Å². The van der Waals surface area contributed by atoms with Crippen molar-refractivity contribution in [3.8, 4) is 17.6 Å². The van der Waals surface area contributed by atoms with E-state index in [1.807, 2.05) is 6.07 Å². The van der Waals surface area contributed by atoms with Gasteiger partial charge in [-0.1, -0.05) is 12.1 Å². The first-order chi connectivity index (χ1) is 13.3. The summed E-state index contributed by atoms with van der Waals surface area (Å²) in [5, 5.41) is 20.9. The molecule has 0 saturated carbocycles. The number of ether oxygens (including phenoxy) is 1. The maximum absolute atomic E-state index is 14.4. The monoisotopic (exact) mass is 383 g/mol. The molecule has 1 heterocycles. The topological polar surface area (TPSA) is 103 Å². The molecule has 0 aromatic heterocycles. The standard InChI is InChI=1S/C20H18FN3O4/c1-20(18(25)26)8-9-24(12-20)19(27)23-14-6-7-17(15(21)10-14)28-16-5-3-2-4-13(16)11-22/h2-7,10H,8-9,12H2,1H3,(H,23,27)(H,25,26). The van der Waals surface area contributed by atoms with Crippen molar-refractivity contribution in [2.75, 3.05) is 18.4 Å². The molecule has 1 fully saturated rings. The number of anilines is 1. The Bertz CT molecular complexity index is 972. The van der Waals surface area contributed by atoms with Crippen molar-refractivity contribution in [3.63, 3.8) is 0 Å². The number of carbonyl (C=O) groups is 2. The number of carboxylic acids is 1. The van der Waals surface area contributed by atoms with Crippen LogP contribution in [0.1, 0.15) is 18.9 Å². The number of nitrogens with one attached hydrogen (secondary N) is 1. The normalized spacial score (nSPS) is 18.4. The number of para-hydroxylation sites is 1. The zero-order chi connectivity index (χ0) is 20.3. The third-order valence-corrected chi connectivity index (χ3v) is 4.69. The summed E-state index contributed by atoms with van der Waals surface area (Å²) in [5.74, 6) is -1.51. The Morgan fingerprint density at radius 3 is 2.68 bits per heavy atom. The number of carboxylic acid groups (broad SMARTS) is 1. The predicted octanol–water partition coefficient (Wildman–Crippen LogP) is 3.82. The van der Waals surface area contributed by atoms with Crippen LogP contribution in [0.15, 0.2) is 42.5 Å². The number of benzene rings is 2. The summed E-state index contributed by atoms with van der Waals surface area (Å²) in [5.41, 5.74) is -0.490. The van der Waals surface area contributed by atoms with Crippen LogP contribution in [0, 0.1) is 22.6 Å². The molecule has 1 unspecified atom stereocenters. The average Bonchev–Trinajstić information content (AvgIpc) is 3.08. The quantitative estimate of drug-likeness (QED) is 0.836. The van der Waals surface area contributed by atoms with E-state index >= 15 is 0 Å². The van der Waals surface area contributed by atoms with E-state index in [-0.39, 0.29) is 29.3 Å². The first-order valence-corrected chi connectivity index (χ1v) is 8.58. The lowest BCUT2D eigenvalue weighted by atomic mass is 9.90. The number of aliphatic carboxylic acids is 1. The van der Waals surface area contributed by atoms with Gasteiger partial charge in [-0.05, 0) is 37.6 Å². The number of carbonyl (C=O) groups excluding carboxylic acids is 1. The summed E-state index contributed by atoms with van der Waals surface area (Å²) < 4.78 is 19.8. The highest BCUT2D eigenvalue weighted by molar-refractivity contribution is 5.90. The van der Waals surface area contributed by atoms with E-state index in [2.05, 4.69) is 5.32 Å². The molecule has 2 N–H and O–H groups in total. The van der Waals surface area contributed by atoms with Gasteiger partial charge in [-0.25, -0.2) is 9.18 Å². The number of nitriles is 1. The predicted molar refractivity (Wildman–Crippen MR) is 98.6 cm³/mol. The number of halogens is 1. The van der Waals surface area contributed by atoms with Crippen molar-refractivity contribution in [1.82, 2.24) is 4.90 Å². The number of likely N-dealkylation sites (tertiary alicyclic amines) is 1. The van der Waals surface area contributed by atoms with Crippen LogP contribution >= 0.6 is 0 Å². The fraction of sp³-hybridized carbons (Fsp3) is 0.250. The molecule has 1 aliphatic heterocycles. The van der Waals surface area contributed by atoms with E-state index in [1.165, 1.54) is 17.0 Å². The Morgan fingerprint density at radius 2 is 2.04 bits per heavy atom. The lowest BCUT2D eigenvalue weighted by Crippen LogP contribution is -2.37. The largest absolute Gasteiger partial charge is 0.481 e. The van der Waals surface area contributed by atoms with Gasteiger partial charge >= 0.3 is 12.0 Å². The smallest absolute Gasteiger partial charge is 0.321 e. The van der Waals surface area contributed by atoms with E-state index in [9.17, 15) is 19.1 Å². The summed E-state index contributed by atoms with van der Waals surface area (Å²) in [6, 6.07) is 11.9. The first-order valence-electron chi connectivity index (χ1n) is 8.58. The molecule has 2 aromatic carbocycles. The molecule has 0 bridgehead atoms. The summed E-state index contributed by atoms with van der Waals surface area (Å²) in [6.45, 7) is 1.99. The van der Waals surface area contributed by atoms with Gasteiger partial charge in [0.15, 0.2) is 11.6 Å². The maximum Gasteiger partial charge on any atom is 0.321 e. The molecule has 144 valence electrons. The molecule has 0 spiro atoms. The molecule has 0 aliphatic carbocycles. The Kier molecular flexibility index (Phi) is 5.18. The van der Waals surface area contributed by atoms with Crippen molar-refractivity contribution >= 4 is 17.7 Å². The van der Waals surface area contributed by atoms with E-state index in [0.717, 1.165) is 6.07 Å². The van der Waals surface area contributed by atoms with Crippen molar-refractivity contribution in [2.45, 2.75) is 13.3 Å². The molecule has 1 aliphatic rings. The van der Waals surface area contributed by atoms with Gasteiger partial charge in [0, 0.05) is 24.8 Å². The van der Waals surface area contributed by atoms with E-state index in [1.54, 1.807) is 31.2 Å². The molecule has 1 atom stereocenters. The van der Waals surface area contributed by atoms with E-state index in [4.69, 9.17) is 10.00 Å². The van der Waals surface area contributed by atoms with Crippen LogP contribution in [0.5, 0.6) is 11.5 Å². The molecule has 2 aromatic rings. The average molecular weight is 383 g/mol. The lowest BCUT2D eigenvalue weighted by molar-refractivity contribution is -0.146. The van der Waals surface area contributed by atoms with Crippen molar-refractivity contribution < 1.29 is 23.8 Å². The summed E-state index contributed by atoms with van der Waals surface area (Å²) in [4.78, 5) is 25.0. The number of hydrogen-bond acceptors (Lipinski definition) is 4. The van der Waals surface area contributed by atoms with E-state index in [0.29, 0.717) is 13.0 Å². The number of urea groups is 1. The maximum atomic E-state index is 14.4. The van der Waals surface area contributed by atoms with Crippen LogP contribution < -0.4 is 10.1 Å². The van der Waals surface area contributed by atoms with Crippen LogP contribution in [0.25, 0.3) is 0 Å². The van der Waals surface area contributed by atoms with Crippen molar-refractivity contribution in [1.29, 1.82) is 5.26 Å². The minimum Gasteiger partial charge on any atom is -0.481 e. The van der Waals surface area contributed by atoms with Gasteiger partial charge < -0.3 is 20.1 Å². The van der Waals surface area contributed by atoms with Gasteiger partial charge in [0.2, 0.25) is 0 Å². The highest BCUT2D eigenvalue weighted by Crippen LogP contribution is 2.31. The van der Waals surface area contributed by atoms with Gasteiger partial charge in [-0.3, -0.25) is 4.79 Å². The van der Waals surface area contributed by atoms with Crippen LogP contribution in [0.2, 0.25) is 0 Å². The molecule has 3 rings (SSSR count). The third-order valence-electron chi connectivity index (χ3n) is 4.69. The van der Waals surface area contributed by atoms with Gasteiger partial charge in [0.25, 0.3) is 0 Å². The number of nitrogens with zero attached hydrogens (tertiary/aromatic N) is 2. The number of amides is 2. The molecular formula is C20H18FN3O4. The molecule has 0 radical (unpaired) electrons. The van der Waals surface area contributed by atoms with Crippen LogP contribution in [0.3, 0.4) is 0 Å². The summed E-state index contributed by atoms with van der Waals surface area (Å²) in [6.07, 6.45) is 0.356. The molecule has 7 nitrogen and oxygen atoms in total. The molecule has 28 heavy (non-hydrogen) atoms. The number of rotatable bonds is 4. The molecule has 1 saturated heterocycles. The second-order valence-corrected chi connectivity index (χ2v) is 6.82. The molecular weight excluding hydrogens is 365 g/mol. The number of hydrogen-bond donors (Lipinski definition) is 2. The van der Waals surface area contributed by atoms with Crippen LogP contribution in [0.4, 0.5) is 14.9 Å². The van der Waals surface area contributed by atoms with Gasteiger partial charge in [-0.2, -0.15) is 5.26 Å². The summed E-state index contributed by atoms with van der Waals surface area (Å²) >= 11 is 0. The fourth-order valence-electron chi connectivity index (χ4n) is 2.94. The molecule has 8 heteroatoms. The molecule has 2 amide bonds. The highest BCUT2D eigenvalue weighted by Gasteiger charge is 2.42. The van der Waals surface area contributed by atoms with Crippen LogP contribution in [-0.2, 0) is 4.79 Å². The zero-order valence-electron chi connectivity index (χ0n) is 15.1. The lowest BCUT2D eigenvalue weighted by Gasteiger charge is -2.20. The highest BCUT2D eigenvalue weighted by atomic mass is 19.1. The van der Waals surface area contributed by atoms with Gasteiger partial charge in [0.1, 0.15) is 11.8 Å². The SMILES string of the molecule is CC1(C(=O)O)CCN(C(=O)Nc2ccc(Oc3ccccc3C#N)c(F)c2)C1. The third kappa shape index (κ3) is 3.88. The van der Waals surface area contributed by atoms with Crippen molar-refractivity contribution in [2.24, 2.45) is 5.41 Å². The Morgan fingerprint density at radius 1 is 1.29 bits per heavy atom. The minimum absolute atomic E-state index is 0.0830. The summed E-state index contributed by atoms with van der Waals surface area (Å²) in [7, 11) is 0.